The van der Waals surface area contributed by atoms with E-state index >= 15 is 0 Å². The van der Waals surface area contributed by atoms with E-state index in [1.165, 1.54) is 0 Å². The molecule has 0 aliphatic heterocycles. The third-order valence-electron chi connectivity index (χ3n) is 2.61. The molecule has 2 aromatic carbocycles. The summed E-state index contributed by atoms with van der Waals surface area (Å²) in [6.45, 7) is 3.85. The van der Waals surface area contributed by atoms with Crippen LogP contribution in [0.5, 0.6) is 11.5 Å². The van der Waals surface area contributed by atoms with Crippen molar-refractivity contribution in [3.8, 4) is 23.3 Å². The van der Waals surface area contributed by atoms with E-state index in [2.05, 4.69) is 23.7 Å². The van der Waals surface area contributed by atoms with Crippen LogP contribution in [0.2, 0.25) is 0 Å². The number of hydrogen-bond donors (Lipinski definition) is 2. The number of allylic oxidation sites excluding steroid dienone is 1. The fourth-order valence-corrected chi connectivity index (χ4v) is 1.57. The highest BCUT2D eigenvalue weighted by atomic mass is 16.5. The van der Waals surface area contributed by atoms with Crippen LogP contribution in [0.4, 0.5) is 5.69 Å². The molecule has 0 saturated carbocycles. The van der Waals surface area contributed by atoms with Gasteiger partial charge >= 0.3 is 0 Å². The summed E-state index contributed by atoms with van der Waals surface area (Å²) >= 11 is 0. The Kier molecular flexibility index (Phi) is 4.31. The molecular weight excluding hydrogens is 250 g/mol. The molecule has 0 heterocycles. The molecule has 2 aromatic rings. The Balaban J connectivity index is 2.00. The van der Waals surface area contributed by atoms with Crippen molar-refractivity contribution in [3.63, 3.8) is 0 Å². The first kappa shape index (κ1) is 13.6. The van der Waals surface area contributed by atoms with Crippen molar-refractivity contribution in [2.75, 3.05) is 12.4 Å². The predicted molar refractivity (Wildman–Crippen MR) is 80.7 cm³/mol. The molecule has 0 bridgehead atoms. The molecule has 20 heavy (non-hydrogen) atoms. The molecule has 0 unspecified atom stereocenters. The van der Waals surface area contributed by atoms with E-state index in [4.69, 9.17) is 4.74 Å². The van der Waals surface area contributed by atoms with Crippen LogP contribution in [0.25, 0.3) is 0 Å². The summed E-state index contributed by atoms with van der Waals surface area (Å²) < 4.78 is 5.08. The van der Waals surface area contributed by atoms with Gasteiger partial charge in [0.05, 0.1) is 12.8 Å². The van der Waals surface area contributed by atoms with Gasteiger partial charge in [-0.3, -0.25) is 0 Å². The molecule has 3 nitrogen and oxygen atoms in total. The number of methoxy groups -OCH3 is 1. The van der Waals surface area contributed by atoms with Crippen LogP contribution < -0.4 is 10.1 Å². The first-order valence-corrected chi connectivity index (χ1v) is 6.08. The number of phenols is 1. The van der Waals surface area contributed by atoms with E-state index in [0.717, 1.165) is 17.0 Å². The second-order valence-corrected chi connectivity index (χ2v) is 4.13. The van der Waals surface area contributed by atoms with Gasteiger partial charge in [0.25, 0.3) is 0 Å². The van der Waals surface area contributed by atoms with Crippen LogP contribution in [0, 0.1) is 11.8 Å². The van der Waals surface area contributed by atoms with Gasteiger partial charge in [-0.15, -0.1) is 0 Å². The summed E-state index contributed by atoms with van der Waals surface area (Å²) in [6.07, 6.45) is 0. The van der Waals surface area contributed by atoms with Crippen molar-refractivity contribution in [2.24, 2.45) is 0 Å². The van der Waals surface area contributed by atoms with E-state index in [1.54, 1.807) is 31.4 Å². The number of nitrogens with one attached hydrogen (secondary N) is 1. The minimum atomic E-state index is 0.227. The Hall–Kier alpha value is -2.86. The predicted octanol–water partition coefficient (Wildman–Crippen LogP) is 3.38. The minimum Gasteiger partial charge on any atom is -0.508 e. The number of hydrogen-bond acceptors (Lipinski definition) is 3. The summed E-state index contributed by atoms with van der Waals surface area (Å²) in [6, 6.07) is 14.2. The summed E-state index contributed by atoms with van der Waals surface area (Å²) in [5, 5.41) is 12.3. The summed E-state index contributed by atoms with van der Waals surface area (Å²) in [5.41, 5.74) is 2.31. The van der Waals surface area contributed by atoms with Gasteiger partial charge in [0, 0.05) is 11.3 Å². The Bertz CT molecular complexity index is 646. The van der Waals surface area contributed by atoms with Gasteiger partial charge in [-0.25, -0.2) is 0 Å². The third kappa shape index (κ3) is 3.82. The standard InChI is InChI=1S/C17H15NO2/c1-13(18-15-7-9-16(19)10-8-15)3-4-14-5-11-17(20-2)12-6-14/h5-12,18-19H,1H2,2H3. The Labute approximate surface area is 118 Å². The number of rotatable bonds is 3. The van der Waals surface area contributed by atoms with E-state index in [1.807, 2.05) is 24.3 Å². The van der Waals surface area contributed by atoms with Crippen molar-refractivity contribution in [3.05, 3.63) is 66.4 Å². The van der Waals surface area contributed by atoms with E-state index < -0.39 is 0 Å². The number of ether oxygens (including phenoxy) is 1. The SMILES string of the molecule is C=C(C#Cc1ccc(OC)cc1)Nc1ccc(O)cc1. The third-order valence-corrected chi connectivity index (χ3v) is 2.61. The van der Waals surface area contributed by atoms with Gasteiger partial charge < -0.3 is 15.2 Å². The summed E-state index contributed by atoms with van der Waals surface area (Å²) in [4.78, 5) is 0. The first-order valence-electron chi connectivity index (χ1n) is 6.08. The lowest BCUT2D eigenvalue weighted by Gasteiger charge is -2.03. The number of phenolic OH excluding ortho intramolecular Hbond substituents is 1. The maximum absolute atomic E-state index is 9.20. The smallest absolute Gasteiger partial charge is 0.118 e. The lowest BCUT2D eigenvalue weighted by molar-refractivity contribution is 0.415. The molecule has 2 rings (SSSR count). The highest BCUT2D eigenvalue weighted by Gasteiger charge is 1.94. The van der Waals surface area contributed by atoms with Crippen LogP contribution >= 0.6 is 0 Å². The van der Waals surface area contributed by atoms with E-state index in [0.29, 0.717) is 5.70 Å². The lowest BCUT2D eigenvalue weighted by atomic mass is 10.2. The topological polar surface area (TPSA) is 41.5 Å². The average molecular weight is 265 g/mol. The molecule has 0 radical (unpaired) electrons. The van der Waals surface area contributed by atoms with Gasteiger partial charge in [0.2, 0.25) is 0 Å². The van der Waals surface area contributed by atoms with Crippen molar-refractivity contribution < 1.29 is 9.84 Å². The molecule has 0 aliphatic carbocycles. The van der Waals surface area contributed by atoms with E-state index in [9.17, 15) is 5.11 Å². The molecule has 3 heteroatoms. The zero-order valence-electron chi connectivity index (χ0n) is 11.2. The molecule has 0 aromatic heterocycles. The first-order chi connectivity index (χ1) is 9.67. The molecule has 0 amide bonds. The van der Waals surface area contributed by atoms with Gasteiger partial charge in [-0.05, 0) is 54.5 Å². The molecular formula is C17H15NO2. The normalized spacial score (nSPS) is 9.25. The monoisotopic (exact) mass is 265 g/mol. The molecule has 100 valence electrons. The van der Waals surface area contributed by atoms with Crippen LogP contribution in [0.3, 0.4) is 0 Å². The highest BCUT2D eigenvalue weighted by Crippen LogP contribution is 2.15. The van der Waals surface area contributed by atoms with Gasteiger partial charge in [0.15, 0.2) is 0 Å². The van der Waals surface area contributed by atoms with Crippen molar-refractivity contribution >= 4 is 5.69 Å². The van der Waals surface area contributed by atoms with E-state index in [-0.39, 0.29) is 5.75 Å². The van der Waals surface area contributed by atoms with Crippen LogP contribution in [-0.4, -0.2) is 12.2 Å². The lowest BCUT2D eigenvalue weighted by Crippen LogP contribution is -1.94. The largest absolute Gasteiger partial charge is 0.508 e. The second kappa shape index (κ2) is 6.35. The zero-order chi connectivity index (χ0) is 14.4. The van der Waals surface area contributed by atoms with Gasteiger partial charge in [-0.2, -0.15) is 0 Å². The molecule has 0 atom stereocenters. The maximum atomic E-state index is 9.20. The minimum absolute atomic E-state index is 0.227. The molecule has 0 spiro atoms. The Morgan fingerprint density at radius 3 is 2.35 bits per heavy atom. The van der Waals surface area contributed by atoms with Gasteiger partial charge in [-0.1, -0.05) is 12.5 Å². The Morgan fingerprint density at radius 1 is 1.10 bits per heavy atom. The molecule has 0 aliphatic rings. The fraction of sp³-hybridized carbons (Fsp3) is 0.0588. The number of benzene rings is 2. The average Bonchev–Trinajstić information content (AvgIpc) is 2.48. The van der Waals surface area contributed by atoms with Crippen LogP contribution in [0.1, 0.15) is 5.56 Å². The fourth-order valence-electron chi connectivity index (χ4n) is 1.57. The highest BCUT2D eigenvalue weighted by molar-refractivity contribution is 5.54. The van der Waals surface area contributed by atoms with Crippen molar-refractivity contribution in [2.45, 2.75) is 0 Å². The van der Waals surface area contributed by atoms with Crippen LogP contribution in [0.15, 0.2) is 60.8 Å². The summed E-state index contributed by atoms with van der Waals surface area (Å²) in [7, 11) is 1.63. The zero-order valence-corrected chi connectivity index (χ0v) is 11.2. The molecule has 0 saturated heterocycles. The van der Waals surface area contributed by atoms with Crippen LogP contribution in [-0.2, 0) is 0 Å². The van der Waals surface area contributed by atoms with Gasteiger partial charge in [0.1, 0.15) is 11.5 Å². The molecule has 2 N–H and O–H groups in total. The maximum Gasteiger partial charge on any atom is 0.118 e. The summed E-state index contributed by atoms with van der Waals surface area (Å²) in [5.74, 6) is 6.98. The Morgan fingerprint density at radius 2 is 1.75 bits per heavy atom. The molecule has 0 fully saturated rings. The second-order valence-electron chi connectivity index (χ2n) is 4.13. The van der Waals surface area contributed by atoms with Crippen molar-refractivity contribution in [1.29, 1.82) is 0 Å². The number of aromatic hydroxyl groups is 1. The van der Waals surface area contributed by atoms with Crippen molar-refractivity contribution in [1.82, 2.24) is 0 Å². The number of anilines is 1. The quantitative estimate of drug-likeness (QED) is 0.660.